The van der Waals surface area contributed by atoms with Crippen LogP contribution in [0.2, 0.25) is 0 Å². The van der Waals surface area contributed by atoms with Gasteiger partial charge in [-0.3, -0.25) is 0 Å². The Morgan fingerprint density at radius 3 is 2.72 bits per heavy atom. The zero-order valence-corrected chi connectivity index (χ0v) is 15.0. The molecule has 0 fully saturated rings. The van der Waals surface area contributed by atoms with Gasteiger partial charge >= 0.3 is 0 Å². The SMILES string of the molecule is [2H]C([2H])(c1ccc(-c2cc3c(nc2C)oc2ccccc23)[n+](C)c1)C(C)C. The molecule has 3 aromatic heterocycles. The second kappa shape index (κ2) is 5.99. The summed E-state index contributed by atoms with van der Waals surface area (Å²) in [5, 5.41) is 2.05. The summed E-state index contributed by atoms with van der Waals surface area (Å²) in [5.74, 6) is -0.0969. The summed E-state index contributed by atoms with van der Waals surface area (Å²) in [4.78, 5) is 4.68. The number of furan rings is 1. The first kappa shape index (κ1) is 13.6. The minimum atomic E-state index is -1.37. The lowest BCUT2D eigenvalue weighted by Crippen LogP contribution is -2.31. The number of rotatable bonds is 3. The van der Waals surface area contributed by atoms with Crippen LogP contribution in [0.5, 0.6) is 0 Å². The Morgan fingerprint density at radius 2 is 1.96 bits per heavy atom. The molecule has 0 aliphatic carbocycles. The summed E-state index contributed by atoms with van der Waals surface area (Å²) >= 11 is 0. The summed E-state index contributed by atoms with van der Waals surface area (Å²) in [6.07, 6.45) is 0.515. The summed E-state index contributed by atoms with van der Waals surface area (Å²) in [7, 11) is 1.95. The molecule has 0 atom stereocenters. The number of aryl methyl sites for hydroxylation is 2. The first-order valence-corrected chi connectivity index (χ1v) is 8.58. The molecule has 126 valence electrons. The summed E-state index contributed by atoms with van der Waals surface area (Å²) in [6, 6.07) is 13.9. The molecule has 4 aromatic rings. The topological polar surface area (TPSA) is 29.9 Å². The summed E-state index contributed by atoms with van der Waals surface area (Å²) in [5.41, 5.74) is 5.07. The minimum absolute atomic E-state index is 0.0969. The number of nitrogens with zero attached hydrogens (tertiary/aromatic N) is 2. The average Bonchev–Trinajstić information content (AvgIpc) is 2.98. The van der Waals surface area contributed by atoms with Gasteiger partial charge < -0.3 is 4.42 Å². The molecular formula is C22H23N2O+. The normalized spacial score (nSPS) is 13.5. The van der Waals surface area contributed by atoms with Gasteiger partial charge in [-0.05, 0) is 37.4 Å². The van der Waals surface area contributed by atoms with Crippen LogP contribution in [0, 0.1) is 12.8 Å². The molecule has 0 N–H and O–H groups in total. The van der Waals surface area contributed by atoms with E-state index in [1.165, 1.54) is 0 Å². The lowest BCUT2D eigenvalue weighted by Gasteiger charge is -2.07. The van der Waals surface area contributed by atoms with Gasteiger partial charge in [-0.25, -0.2) is 9.55 Å². The van der Waals surface area contributed by atoms with Crippen LogP contribution < -0.4 is 4.57 Å². The molecule has 0 radical (unpaired) electrons. The van der Waals surface area contributed by atoms with Crippen molar-refractivity contribution in [1.82, 2.24) is 4.98 Å². The number of pyridine rings is 2. The van der Waals surface area contributed by atoms with Crippen molar-refractivity contribution in [2.24, 2.45) is 13.0 Å². The maximum atomic E-state index is 8.34. The number of benzene rings is 1. The maximum absolute atomic E-state index is 8.34. The van der Waals surface area contributed by atoms with Gasteiger partial charge in [-0.15, -0.1) is 0 Å². The van der Waals surface area contributed by atoms with E-state index in [2.05, 4.69) is 11.1 Å². The second-order valence-electron chi connectivity index (χ2n) is 6.79. The van der Waals surface area contributed by atoms with E-state index >= 15 is 0 Å². The molecular weight excluding hydrogens is 308 g/mol. The molecule has 25 heavy (non-hydrogen) atoms. The van der Waals surface area contributed by atoms with Crippen molar-refractivity contribution in [1.29, 1.82) is 0 Å². The Morgan fingerprint density at radius 1 is 1.16 bits per heavy atom. The number of aromatic nitrogens is 2. The fourth-order valence-corrected chi connectivity index (χ4v) is 3.30. The molecule has 3 nitrogen and oxygen atoms in total. The highest BCUT2D eigenvalue weighted by Crippen LogP contribution is 2.31. The Labute approximate surface area is 150 Å². The summed E-state index contributed by atoms with van der Waals surface area (Å²) < 4.78 is 24.5. The van der Waals surface area contributed by atoms with Crippen molar-refractivity contribution >= 4 is 22.1 Å². The first-order chi connectivity index (χ1) is 12.8. The summed E-state index contributed by atoms with van der Waals surface area (Å²) in [6.45, 7) is 5.78. The molecule has 3 heterocycles. The molecule has 1 aromatic carbocycles. The van der Waals surface area contributed by atoms with E-state index in [4.69, 9.17) is 7.16 Å². The Bertz CT molecular complexity index is 1160. The molecule has 0 aliphatic rings. The Hall–Kier alpha value is -2.68. The van der Waals surface area contributed by atoms with Gasteiger partial charge in [0.1, 0.15) is 12.6 Å². The number of hydrogen-bond acceptors (Lipinski definition) is 2. The van der Waals surface area contributed by atoms with Gasteiger partial charge in [0, 0.05) is 25.1 Å². The van der Waals surface area contributed by atoms with Crippen LogP contribution in [0.1, 0.15) is 27.8 Å². The molecule has 0 bridgehead atoms. The van der Waals surface area contributed by atoms with Crippen LogP contribution in [0.3, 0.4) is 0 Å². The fourth-order valence-electron chi connectivity index (χ4n) is 3.30. The zero-order chi connectivity index (χ0) is 19.3. The third kappa shape index (κ3) is 2.80. The average molecular weight is 333 g/mol. The monoisotopic (exact) mass is 333 g/mol. The van der Waals surface area contributed by atoms with E-state index in [-0.39, 0.29) is 5.92 Å². The second-order valence-corrected chi connectivity index (χ2v) is 6.79. The van der Waals surface area contributed by atoms with Crippen LogP contribution in [0.15, 0.2) is 53.1 Å². The minimum Gasteiger partial charge on any atom is -0.438 e. The van der Waals surface area contributed by atoms with E-state index in [0.717, 1.165) is 33.3 Å². The van der Waals surface area contributed by atoms with E-state index < -0.39 is 6.37 Å². The van der Waals surface area contributed by atoms with Gasteiger partial charge in [0.25, 0.3) is 0 Å². The van der Waals surface area contributed by atoms with Crippen LogP contribution in [-0.4, -0.2) is 4.98 Å². The molecule has 3 heteroatoms. The highest BCUT2D eigenvalue weighted by molar-refractivity contribution is 6.04. The highest BCUT2D eigenvalue weighted by Gasteiger charge is 2.18. The van der Waals surface area contributed by atoms with Crippen molar-refractivity contribution in [3.63, 3.8) is 0 Å². The maximum Gasteiger partial charge on any atom is 0.227 e. The molecule has 4 rings (SSSR count). The van der Waals surface area contributed by atoms with Gasteiger partial charge in [-0.2, -0.15) is 0 Å². The van der Waals surface area contributed by atoms with Gasteiger partial charge in [0.2, 0.25) is 11.4 Å². The number of hydrogen-bond donors (Lipinski definition) is 0. The van der Waals surface area contributed by atoms with Crippen LogP contribution in [-0.2, 0) is 13.4 Å². The van der Waals surface area contributed by atoms with Crippen LogP contribution in [0.25, 0.3) is 33.3 Å². The van der Waals surface area contributed by atoms with E-state index in [1.54, 1.807) is 0 Å². The molecule has 0 aliphatic heterocycles. The van der Waals surface area contributed by atoms with E-state index in [9.17, 15) is 0 Å². The molecule has 0 saturated carbocycles. The first-order valence-electron chi connectivity index (χ1n) is 9.58. The standard InChI is InChI=1S/C22H23N2O/c1-14(2)11-16-9-10-20(24(4)13-16)18-12-19-17-7-5-6-8-21(17)25-22(19)23-15(18)3/h5-10,12-14H,11H2,1-4H3/q+1/i11D2. The number of fused-ring (bicyclic) bond motifs is 3. The van der Waals surface area contributed by atoms with Crippen molar-refractivity contribution < 1.29 is 11.7 Å². The van der Waals surface area contributed by atoms with Gasteiger partial charge in [0.05, 0.1) is 11.3 Å². The van der Waals surface area contributed by atoms with Gasteiger partial charge in [-0.1, -0.05) is 32.0 Å². The van der Waals surface area contributed by atoms with Gasteiger partial charge in [0.15, 0.2) is 6.20 Å². The lowest BCUT2D eigenvalue weighted by molar-refractivity contribution is -0.660. The fraction of sp³-hybridized carbons (Fsp3) is 0.273. The third-order valence-corrected chi connectivity index (χ3v) is 4.43. The Kier molecular flexibility index (Phi) is 3.26. The predicted octanol–water partition coefficient (Wildman–Crippen LogP) is 4.98. The van der Waals surface area contributed by atoms with Crippen molar-refractivity contribution in [3.8, 4) is 11.3 Å². The largest absolute Gasteiger partial charge is 0.438 e. The van der Waals surface area contributed by atoms with Crippen molar-refractivity contribution in [3.05, 3.63) is 59.9 Å². The van der Waals surface area contributed by atoms with Crippen LogP contribution in [0.4, 0.5) is 0 Å². The van der Waals surface area contributed by atoms with E-state index in [0.29, 0.717) is 11.3 Å². The van der Waals surface area contributed by atoms with Crippen LogP contribution >= 0.6 is 0 Å². The van der Waals surface area contributed by atoms with E-state index in [1.807, 2.05) is 75.0 Å². The van der Waals surface area contributed by atoms with Crippen molar-refractivity contribution in [2.45, 2.75) is 27.1 Å². The smallest absolute Gasteiger partial charge is 0.227 e. The molecule has 0 unspecified atom stereocenters. The quantitative estimate of drug-likeness (QED) is 0.495. The zero-order valence-electron chi connectivity index (χ0n) is 17.0. The molecule has 0 spiro atoms. The molecule has 0 saturated heterocycles. The van der Waals surface area contributed by atoms with Crippen molar-refractivity contribution in [2.75, 3.05) is 0 Å². The third-order valence-electron chi connectivity index (χ3n) is 4.43. The lowest BCUT2D eigenvalue weighted by atomic mass is 10.0. The number of para-hydroxylation sites is 1. The Balaban J connectivity index is 1.89. The highest BCUT2D eigenvalue weighted by atomic mass is 16.3. The predicted molar refractivity (Wildman–Crippen MR) is 101 cm³/mol. The molecule has 0 amide bonds.